The molecule has 4 aromatic carbocycles. The molecular formula is C24H16BNO3. The van der Waals surface area contributed by atoms with Gasteiger partial charge in [0.2, 0.25) is 0 Å². The number of benzene rings is 4. The number of para-hydroxylation sites is 2. The number of nitrogens with zero attached hydrogens (tertiary/aromatic N) is 1. The lowest BCUT2D eigenvalue weighted by molar-refractivity contribution is 0.426. The standard InChI is InChI=1S/C24H16BNO3/c27-25(28)15-10-11-19-18(14-15)23-20(26(19)16-6-2-1-3-7-16)12-13-22-24(23)17-8-4-5-9-21(17)29-22/h1-14,27-28H. The third kappa shape index (κ3) is 2.29. The first-order chi connectivity index (χ1) is 14.2. The molecule has 0 amide bonds. The van der Waals surface area contributed by atoms with Crippen molar-refractivity contribution in [1.29, 1.82) is 0 Å². The van der Waals surface area contributed by atoms with Crippen LogP contribution in [0, 0.1) is 0 Å². The number of furan rings is 1. The van der Waals surface area contributed by atoms with Crippen molar-refractivity contribution in [3.63, 3.8) is 0 Å². The average molecular weight is 377 g/mol. The number of rotatable bonds is 2. The average Bonchev–Trinajstić information content (AvgIpc) is 3.29. The summed E-state index contributed by atoms with van der Waals surface area (Å²) >= 11 is 0. The van der Waals surface area contributed by atoms with E-state index in [0.29, 0.717) is 5.46 Å². The summed E-state index contributed by atoms with van der Waals surface area (Å²) in [7, 11) is -1.52. The Hall–Kier alpha value is -3.54. The molecule has 0 radical (unpaired) electrons. The topological polar surface area (TPSA) is 58.5 Å². The van der Waals surface area contributed by atoms with Gasteiger partial charge in [-0.05, 0) is 41.9 Å². The van der Waals surface area contributed by atoms with Gasteiger partial charge in [-0.25, -0.2) is 0 Å². The summed E-state index contributed by atoms with van der Waals surface area (Å²) in [5, 5.41) is 23.6. The van der Waals surface area contributed by atoms with Crippen molar-refractivity contribution in [1.82, 2.24) is 4.57 Å². The van der Waals surface area contributed by atoms with Gasteiger partial charge in [0.25, 0.3) is 0 Å². The van der Waals surface area contributed by atoms with Gasteiger partial charge in [0.15, 0.2) is 0 Å². The Kier molecular flexibility index (Phi) is 3.39. The second kappa shape index (κ2) is 5.98. The lowest BCUT2D eigenvalue weighted by Gasteiger charge is -2.07. The molecule has 5 heteroatoms. The highest BCUT2D eigenvalue weighted by atomic mass is 16.4. The largest absolute Gasteiger partial charge is 0.488 e. The third-order valence-corrected chi connectivity index (χ3v) is 5.61. The van der Waals surface area contributed by atoms with E-state index in [-0.39, 0.29) is 0 Å². The Morgan fingerprint density at radius 1 is 0.655 bits per heavy atom. The Morgan fingerprint density at radius 2 is 1.41 bits per heavy atom. The van der Waals surface area contributed by atoms with Gasteiger partial charge in [0.1, 0.15) is 11.2 Å². The summed E-state index contributed by atoms with van der Waals surface area (Å²) in [6.45, 7) is 0. The van der Waals surface area contributed by atoms with Gasteiger partial charge in [0, 0.05) is 27.2 Å². The van der Waals surface area contributed by atoms with E-state index < -0.39 is 7.12 Å². The van der Waals surface area contributed by atoms with Crippen LogP contribution in [-0.2, 0) is 0 Å². The minimum atomic E-state index is -1.52. The van der Waals surface area contributed by atoms with Crippen LogP contribution in [0.5, 0.6) is 0 Å². The lowest BCUT2D eigenvalue weighted by atomic mass is 9.79. The predicted molar refractivity (Wildman–Crippen MR) is 118 cm³/mol. The van der Waals surface area contributed by atoms with E-state index in [9.17, 15) is 10.0 Å². The fourth-order valence-corrected chi connectivity index (χ4v) is 4.36. The quantitative estimate of drug-likeness (QED) is 0.441. The van der Waals surface area contributed by atoms with E-state index in [1.165, 1.54) is 0 Å². The van der Waals surface area contributed by atoms with Crippen molar-refractivity contribution in [3.8, 4) is 5.69 Å². The van der Waals surface area contributed by atoms with Crippen molar-refractivity contribution >= 4 is 56.3 Å². The van der Waals surface area contributed by atoms with Crippen molar-refractivity contribution < 1.29 is 14.5 Å². The van der Waals surface area contributed by atoms with E-state index in [1.54, 1.807) is 6.07 Å². The molecule has 0 saturated heterocycles. The fraction of sp³-hybridized carbons (Fsp3) is 0. The summed E-state index contributed by atoms with van der Waals surface area (Å²) in [5.74, 6) is 0. The van der Waals surface area contributed by atoms with Crippen LogP contribution in [0.3, 0.4) is 0 Å². The van der Waals surface area contributed by atoms with Crippen LogP contribution in [0.15, 0.2) is 89.3 Å². The molecule has 138 valence electrons. The number of aromatic nitrogens is 1. The summed E-state index contributed by atoms with van der Waals surface area (Å²) in [6.07, 6.45) is 0. The maximum Gasteiger partial charge on any atom is 0.488 e. The maximum absolute atomic E-state index is 9.75. The minimum Gasteiger partial charge on any atom is -0.456 e. The number of hydrogen-bond acceptors (Lipinski definition) is 3. The van der Waals surface area contributed by atoms with Gasteiger partial charge in [-0.15, -0.1) is 0 Å². The maximum atomic E-state index is 9.75. The highest BCUT2D eigenvalue weighted by Gasteiger charge is 2.20. The first kappa shape index (κ1) is 16.4. The molecule has 0 bridgehead atoms. The monoisotopic (exact) mass is 377 g/mol. The molecule has 29 heavy (non-hydrogen) atoms. The Labute approximate surface area is 166 Å². The predicted octanol–water partition coefficient (Wildman–Crippen LogP) is 4.36. The van der Waals surface area contributed by atoms with Crippen molar-refractivity contribution in [2.24, 2.45) is 0 Å². The Balaban J connectivity index is 1.89. The summed E-state index contributed by atoms with van der Waals surface area (Å²) in [5.41, 5.74) is 5.24. The summed E-state index contributed by atoms with van der Waals surface area (Å²) in [4.78, 5) is 0. The first-order valence-corrected chi connectivity index (χ1v) is 9.52. The second-order valence-corrected chi connectivity index (χ2v) is 7.25. The van der Waals surface area contributed by atoms with Crippen molar-refractivity contribution in [3.05, 3.63) is 84.9 Å². The van der Waals surface area contributed by atoms with Crippen LogP contribution in [-0.4, -0.2) is 21.7 Å². The van der Waals surface area contributed by atoms with Crippen molar-refractivity contribution in [2.75, 3.05) is 0 Å². The molecule has 0 aliphatic carbocycles. The molecule has 0 atom stereocenters. The van der Waals surface area contributed by atoms with Gasteiger partial charge < -0.3 is 19.0 Å². The molecule has 0 saturated carbocycles. The van der Waals surface area contributed by atoms with E-state index in [1.807, 2.05) is 54.6 Å². The van der Waals surface area contributed by atoms with Gasteiger partial charge >= 0.3 is 7.12 Å². The molecule has 0 aliphatic rings. The van der Waals surface area contributed by atoms with E-state index in [0.717, 1.165) is 49.4 Å². The molecule has 6 rings (SSSR count). The second-order valence-electron chi connectivity index (χ2n) is 7.25. The third-order valence-electron chi connectivity index (χ3n) is 5.61. The van der Waals surface area contributed by atoms with Gasteiger partial charge in [-0.2, -0.15) is 0 Å². The highest BCUT2D eigenvalue weighted by molar-refractivity contribution is 6.59. The number of fused-ring (bicyclic) bond motifs is 7. The zero-order chi connectivity index (χ0) is 19.5. The van der Waals surface area contributed by atoms with Gasteiger partial charge in [0.05, 0.1) is 11.0 Å². The molecule has 2 N–H and O–H groups in total. The Bertz CT molecular complexity index is 1530. The van der Waals surface area contributed by atoms with Crippen molar-refractivity contribution in [2.45, 2.75) is 0 Å². The smallest absolute Gasteiger partial charge is 0.456 e. The molecule has 0 spiro atoms. The molecule has 6 aromatic rings. The van der Waals surface area contributed by atoms with E-state index >= 15 is 0 Å². The van der Waals surface area contributed by atoms with Crippen LogP contribution in [0.1, 0.15) is 0 Å². The zero-order valence-electron chi connectivity index (χ0n) is 15.4. The van der Waals surface area contributed by atoms with Gasteiger partial charge in [-0.3, -0.25) is 0 Å². The minimum absolute atomic E-state index is 0.467. The SMILES string of the molecule is OB(O)c1ccc2c(c1)c1c3c(ccc1n2-c1ccccc1)oc1ccccc13. The zero-order valence-corrected chi connectivity index (χ0v) is 15.4. The first-order valence-electron chi connectivity index (χ1n) is 9.52. The van der Waals surface area contributed by atoms with Crippen LogP contribution >= 0.6 is 0 Å². The van der Waals surface area contributed by atoms with E-state index in [2.05, 4.69) is 28.8 Å². The van der Waals surface area contributed by atoms with Crippen LogP contribution in [0.4, 0.5) is 0 Å². The molecule has 0 fully saturated rings. The normalized spacial score (nSPS) is 11.8. The molecule has 0 aliphatic heterocycles. The van der Waals surface area contributed by atoms with Crippen LogP contribution in [0.25, 0.3) is 49.4 Å². The fourth-order valence-electron chi connectivity index (χ4n) is 4.36. The number of hydrogen-bond donors (Lipinski definition) is 2. The highest BCUT2D eigenvalue weighted by Crippen LogP contribution is 2.40. The van der Waals surface area contributed by atoms with E-state index in [4.69, 9.17) is 4.42 Å². The summed E-state index contributed by atoms with van der Waals surface area (Å²) in [6, 6.07) is 27.9. The lowest BCUT2D eigenvalue weighted by Crippen LogP contribution is -2.29. The molecule has 0 unspecified atom stereocenters. The van der Waals surface area contributed by atoms with Crippen LogP contribution in [0.2, 0.25) is 0 Å². The van der Waals surface area contributed by atoms with Gasteiger partial charge in [-0.1, -0.05) is 48.5 Å². The molecule has 2 aromatic heterocycles. The summed E-state index contributed by atoms with van der Waals surface area (Å²) < 4.78 is 8.30. The molecule has 4 nitrogen and oxygen atoms in total. The molecule has 2 heterocycles. The van der Waals surface area contributed by atoms with Crippen LogP contribution < -0.4 is 5.46 Å². The Morgan fingerprint density at radius 3 is 2.24 bits per heavy atom. The molecular weight excluding hydrogens is 361 g/mol.